The third-order valence-electron chi connectivity index (χ3n) is 6.23. The number of likely N-dealkylation sites (tertiary alicyclic amines) is 1. The normalized spacial score (nSPS) is 14.0. The van der Waals surface area contributed by atoms with Crippen molar-refractivity contribution in [2.45, 2.75) is 32.7 Å². The number of piperidine rings is 1. The van der Waals surface area contributed by atoms with Gasteiger partial charge in [0.2, 0.25) is 5.91 Å². The number of furan rings is 1. The number of methoxy groups -OCH3 is 1. The second-order valence-electron chi connectivity index (χ2n) is 8.43. The van der Waals surface area contributed by atoms with Crippen LogP contribution in [0.4, 0.5) is 5.69 Å². The Morgan fingerprint density at radius 1 is 1.03 bits per heavy atom. The minimum atomic E-state index is -0.604. The first-order valence-corrected chi connectivity index (χ1v) is 11.2. The van der Waals surface area contributed by atoms with Gasteiger partial charge in [0.25, 0.3) is 5.91 Å². The summed E-state index contributed by atoms with van der Waals surface area (Å²) in [5.41, 5.74) is 2.25. The number of carbonyl (C=O) groups excluding carboxylic acids is 2. The molecule has 0 radical (unpaired) electrons. The highest BCUT2D eigenvalue weighted by atomic mass is 16.5. The van der Waals surface area contributed by atoms with E-state index in [2.05, 4.69) is 5.32 Å². The molecule has 4 aromatic rings. The highest BCUT2D eigenvalue weighted by Crippen LogP contribution is 2.30. The van der Waals surface area contributed by atoms with E-state index in [1.54, 1.807) is 55.3 Å². The van der Waals surface area contributed by atoms with Crippen molar-refractivity contribution in [2.24, 2.45) is 0 Å². The smallest absolute Gasteiger partial charge is 0.420 e. The number of hydrogen-bond acceptors (Lipinski definition) is 6. The summed E-state index contributed by atoms with van der Waals surface area (Å²) < 4.78 is 17.6. The monoisotopic (exact) mass is 463 g/mol. The fourth-order valence-corrected chi connectivity index (χ4v) is 4.47. The first kappa shape index (κ1) is 21.8. The SMILES string of the molecule is COc1ccc2oc(C)c(C(=O)Nc3ccc4oc(=O)n(CC(=O)N5CCCCC5)c4c3)c2c1. The van der Waals surface area contributed by atoms with Crippen LogP contribution in [-0.4, -0.2) is 41.5 Å². The molecule has 2 amide bonds. The summed E-state index contributed by atoms with van der Waals surface area (Å²) >= 11 is 0. The maximum atomic E-state index is 13.2. The molecule has 3 heterocycles. The van der Waals surface area contributed by atoms with E-state index >= 15 is 0 Å². The van der Waals surface area contributed by atoms with Crippen molar-refractivity contribution >= 4 is 39.6 Å². The van der Waals surface area contributed by atoms with Crippen LogP contribution in [0.3, 0.4) is 0 Å². The van der Waals surface area contributed by atoms with Gasteiger partial charge in [0.15, 0.2) is 5.58 Å². The summed E-state index contributed by atoms with van der Waals surface area (Å²) in [5.74, 6) is 0.0188. The summed E-state index contributed by atoms with van der Waals surface area (Å²) in [6.45, 7) is 3.03. The van der Waals surface area contributed by atoms with Crippen molar-refractivity contribution in [1.82, 2.24) is 9.47 Å². The minimum absolute atomic E-state index is 0.103. The standard InChI is InChI=1S/C25H25N3O6/c1-15-23(18-13-17(32-2)7-9-20(18)33-15)24(30)26-16-6-8-21-19(12-16)28(25(31)34-21)14-22(29)27-10-4-3-5-11-27/h6-9,12-13H,3-5,10-11,14H2,1-2H3,(H,26,30). The van der Waals surface area contributed by atoms with Crippen LogP contribution in [0.2, 0.25) is 0 Å². The molecule has 9 nitrogen and oxygen atoms in total. The third kappa shape index (κ3) is 3.93. The second-order valence-corrected chi connectivity index (χ2v) is 8.43. The van der Waals surface area contributed by atoms with Crippen LogP contribution < -0.4 is 15.8 Å². The van der Waals surface area contributed by atoms with Gasteiger partial charge in [-0.2, -0.15) is 0 Å². The molecule has 176 valence electrons. The van der Waals surface area contributed by atoms with Crippen molar-refractivity contribution in [3.63, 3.8) is 0 Å². The Morgan fingerprint density at radius 2 is 1.79 bits per heavy atom. The Kier molecular flexibility index (Phi) is 5.61. The van der Waals surface area contributed by atoms with Crippen LogP contribution >= 0.6 is 0 Å². The van der Waals surface area contributed by atoms with E-state index in [0.717, 1.165) is 19.3 Å². The Bertz CT molecular complexity index is 1450. The van der Waals surface area contributed by atoms with Gasteiger partial charge in [0, 0.05) is 24.2 Å². The zero-order valence-corrected chi connectivity index (χ0v) is 19.1. The van der Waals surface area contributed by atoms with Gasteiger partial charge in [0.1, 0.15) is 23.6 Å². The average molecular weight is 463 g/mol. The Balaban J connectivity index is 1.44. The molecule has 0 bridgehead atoms. The van der Waals surface area contributed by atoms with Gasteiger partial charge in [-0.1, -0.05) is 0 Å². The average Bonchev–Trinajstić information content (AvgIpc) is 3.34. The highest BCUT2D eigenvalue weighted by Gasteiger charge is 2.22. The first-order chi connectivity index (χ1) is 16.4. The molecular formula is C25H25N3O6. The van der Waals surface area contributed by atoms with Gasteiger partial charge >= 0.3 is 5.76 Å². The maximum absolute atomic E-state index is 13.2. The first-order valence-electron chi connectivity index (χ1n) is 11.2. The molecule has 1 fully saturated rings. The Morgan fingerprint density at radius 3 is 2.56 bits per heavy atom. The fourth-order valence-electron chi connectivity index (χ4n) is 4.47. The largest absolute Gasteiger partial charge is 0.497 e. The number of rotatable bonds is 5. The fraction of sp³-hybridized carbons (Fsp3) is 0.320. The van der Waals surface area contributed by atoms with E-state index in [1.807, 2.05) is 0 Å². The lowest BCUT2D eigenvalue weighted by Gasteiger charge is -2.26. The van der Waals surface area contributed by atoms with E-state index in [-0.39, 0.29) is 18.4 Å². The van der Waals surface area contributed by atoms with Gasteiger partial charge in [-0.25, -0.2) is 4.79 Å². The Hall–Kier alpha value is -4.01. The minimum Gasteiger partial charge on any atom is -0.497 e. The van der Waals surface area contributed by atoms with E-state index in [4.69, 9.17) is 13.6 Å². The molecule has 1 aliphatic rings. The summed E-state index contributed by atoms with van der Waals surface area (Å²) in [4.78, 5) is 40.1. The molecule has 1 N–H and O–H groups in total. The number of aromatic nitrogens is 1. The number of hydrogen-bond donors (Lipinski definition) is 1. The lowest BCUT2D eigenvalue weighted by Crippen LogP contribution is -2.39. The number of oxazole rings is 1. The summed E-state index contributed by atoms with van der Waals surface area (Å²) in [7, 11) is 1.56. The molecule has 34 heavy (non-hydrogen) atoms. The highest BCUT2D eigenvalue weighted by molar-refractivity contribution is 6.13. The van der Waals surface area contributed by atoms with Crippen molar-refractivity contribution in [3.05, 3.63) is 58.3 Å². The molecule has 1 saturated heterocycles. The number of anilines is 1. The number of ether oxygens (including phenoxy) is 1. The van der Waals surface area contributed by atoms with Crippen LogP contribution in [0.25, 0.3) is 22.1 Å². The molecule has 0 saturated carbocycles. The number of nitrogens with zero attached hydrogens (tertiary/aromatic N) is 2. The number of nitrogens with one attached hydrogen (secondary N) is 1. The molecule has 0 aliphatic carbocycles. The van der Waals surface area contributed by atoms with Crippen LogP contribution in [-0.2, 0) is 11.3 Å². The van der Waals surface area contributed by atoms with Gasteiger partial charge in [-0.3, -0.25) is 14.2 Å². The molecule has 5 rings (SSSR count). The second kappa shape index (κ2) is 8.74. The molecule has 0 spiro atoms. The van der Waals surface area contributed by atoms with Crippen molar-refractivity contribution in [1.29, 1.82) is 0 Å². The topological polar surface area (TPSA) is 107 Å². The summed E-state index contributed by atoms with van der Waals surface area (Å²) in [6.07, 6.45) is 3.05. The lowest BCUT2D eigenvalue weighted by molar-refractivity contribution is -0.132. The van der Waals surface area contributed by atoms with Gasteiger partial charge < -0.3 is 23.8 Å². The predicted molar refractivity (Wildman–Crippen MR) is 126 cm³/mol. The molecule has 0 atom stereocenters. The third-order valence-corrected chi connectivity index (χ3v) is 6.23. The molecule has 2 aromatic carbocycles. The molecule has 0 unspecified atom stereocenters. The summed E-state index contributed by atoms with van der Waals surface area (Å²) in [5, 5.41) is 3.51. The number of benzene rings is 2. The Labute approximate surface area is 194 Å². The number of aryl methyl sites for hydroxylation is 1. The molecule has 1 aliphatic heterocycles. The van der Waals surface area contributed by atoms with E-state index in [1.165, 1.54) is 4.57 Å². The van der Waals surface area contributed by atoms with Crippen LogP contribution in [0.1, 0.15) is 35.4 Å². The summed E-state index contributed by atoms with van der Waals surface area (Å²) in [6, 6.07) is 10.2. The number of carbonyl (C=O) groups is 2. The van der Waals surface area contributed by atoms with E-state index in [0.29, 0.717) is 57.9 Å². The predicted octanol–water partition coefficient (Wildman–Crippen LogP) is 3.92. The van der Waals surface area contributed by atoms with Gasteiger partial charge in [-0.15, -0.1) is 0 Å². The lowest BCUT2D eigenvalue weighted by atomic mass is 10.1. The van der Waals surface area contributed by atoms with E-state index < -0.39 is 5.76 Å². The molecule has 9 heteroatoms. The van der Waals surface area contributed by atoms with Gasteiger partial charge in [-0.05, 0) is 62.6 Å². The number of fused-ring (bicyclic) bond motifs is 2. The van der Waals surface area contributed by atoms with Crippen molar-refractivity contribution in [3.8, 4) is 5.75 Å². The molecular weight excluding hydrogens is 438 g/mol. The molecule has 2 aromatic heterocycles. The van der Waals surface area contributed by atoms with Crippen LogP contribution in [0, 0.1) is 6.92 Å². The number of amides is 2. The maximum Gasteiger partial charge on any atom is 0.420 e. The zero-order valence-electron chi connectivity index (χ0n) is 19.1. The van der Waals surface area contributed by atoms with Gasteiger partial charge in [0.05, 0.1) is 18.2 Å². The quantitative estimate of drug-likeness (QED) is 0.481. The van der Waals surface area contributed by atoms with Crippen molar-refractivity contribution < 1.29 is 23.2 Å². The van der Waals surface area contributed by atoms with Crippen LogP contribution in [0.5, 0.6) is 5.75 Å². The van der Waals surface area contributed by atoms with E-state index in [9.17, 15) is 14.4 Å². The van der Waals surface area contributed by atoms with Crippen molar-refractivity contribution in [2.75, 3.05) is 25.5 Å². The zero-order chi connectivity index (χ0) is 23.8. The van der Waals surface area contributed by atoms with Crippen LogP contribution in [0.15, 0.2) is 50.0 Å².